The molecule has 7 heteroatoms. The van der Waals surface area contributed by atoms with Gasteiger partial charge in [-0.1, -0.05) is 6.07 Å². The van der Waals surface area contributed by atoms with Gasteiger partial charge in [0.25, 0.3) is 0 Å². The van der Waals surface area contributed by atoms with Crippen molar-refractivity contribution in [3.8, 4) is 11.8 Å². The Morgan fingerprint density at radius 1 is 0.952 bits per heavy atom. The van der Waals surface area contributed by atoms with Crippen LogP contribution in [-0.2, 0) is 9.47 Å². The van der Waals surface area contributed by atoms with Crippen LogP contribution in [0.5, 0.6) is 11.8 Å². The van der Waals surface area contributed by atoms with Gasteiger partial charge in [-0.2, -0.15) is 9.97 Å². The number of nitrogen functional groups attached to an aromatic ring is 1. The maximum atomic E-state index is 5.99. The second-order valence-corrected chi connectivity index (χ2v) is 4.22. The molecule has 2 N–H and O–H groups in total. The summed E-state index contributed by atoms with van der Waals surface area (Å²) in [4.78, 5) is 8.46. The number of aromatic nitrogens is 2. The molecule has 0 saturated heterocycles. The highest BCUT2D eigenvalue weighted by atomic mass is 16.5. The van der Waals surface area contributed by atoms with Gasteiger partial charge in [0.05, 0.1) is 24.1 Å². The lowest BCUT2D eigenvalue weighted by Crippen LogP contribution is -2.09. The lowest BCUT2D eigenvalue weighted by Gasteiger charge is -2.11. The van der Waals surface area contributed by atoms with Gasteiger partial charge in [-0.05, 0) is 12.1 Å². The van der Waals surface area contributed by atoms with E-state index in [-0.39, 0.29) is 6.01 Å². The van der Waals surface area contributed by atoms with Crippen molar-refractivity contribution >= 4 is 16.7 Å². The van der Waals surface area contributed by atoms with Crippen molar-refractivity contribution < 1.29 is 18.9 Å². The van der Waals surface area contributed by atoms with Crippen molar-refractivity contribution in [1.82, 2.24) is 9.97 Å². The molecule has 2 aromatic rings. The molecule has 0 radical (unpaired) electrons. The Morgan fingerprint density at radius 2 is 1.67 bits per heavy atom. The predicted molar refractivity (Wildman–Crippen MR) is 78.7 cm³/mol. The molecule has 7 nitrogen and oxygen atoms in total. The van der Waals surface area contributed by atoms with E-state index in [1.807, 2.05) is 18.2 Å². The molecule has 1 aromatic carbocycles. The maximum Gasteiger partial charge on any atom is 0.319 e. The van der Waals surface area contributed by atoms with Crippen molar-refractivity contribution in [3.63, 3.8) is 0 Å². The Balaban J connectivity index is 2.24. The van der Waals surface area contributed by atoms with E-state index in [1.54, 1.807) is 14.2 Å². The molecule has 114 valence electrons. The fraction of sp³-hybridized carbons (Fsp3) is 0.429. The first-order valence-electron chi connectivity index (χ1n) is 6.56. The first-order chi connectivity index (χ1) is 10.3. The summed E-state index contributed by atoms with van der Waals surface area (Å²) in [5.74, 6) is 0.950. The number of anilines is 1. The van der Waals surface area contributed by atoms with Crippen molar-refractivity contribution in [1.29, 1.82) is 0 Å². The molecule has 0 spiro atoms. The third-order valence-electron chi connectivity index (χ3n) is 2.76. The van der Waals surface area contributed by atoms with Crippen LogP contribution in [0.25, 0.3) is 10.9 Å². The lowest BCUT2D eigenvalue weighted by molar-refractivity contribution is 0.141. The molecule has 1 aromatic heterocycles. The van der Waals surface area contributed by atoms with Crippen molar-refractivity contribution in [3.05, 3.63) is 18.2 Å². The van der Waals surface area contributed by atoms with E-state index >= 15 is 0 Å². The quantitative estimate of drug-likeness (QED) is 0.733. The summed E-state index contributed by atoms with van der Waals surface area (Å²) in [6.07, 6.45) is 0. The highest BCUT2D eigenvalue weighted by Gasteiger charge is 2.11. The summed E-state index contributed by atoms with van der Waals surface area (Å²) in [7, 11) is 3.22. The van der Waals surface area contributed by atoms with Gasteiger partial charge < -0.3 is 24.7 Å². The molecule has 0 unspecified atom stereocenters. The summed E-state index contributed by atoms with van der Waals surface area (Å²) >= 11 is 0. The van der Waals surface area contributed by atoms with Gasteiger partial charge in [0.1, 0.15) is 24.8 Å². The van der Waals surface area contributed by atoms with Gasteiger partial charge in [-0.15, -0.1) is 0 Å². The number of fused-ring (bicyclic) bond motifs is 1. The van der Waals surface area contributed by atoms with Crippen LogP contribution >= 0.6 is 0 Å². The van der Waals surface area contributed by atoms with Crippen molar-refractivity contribution in [2.75, 3.05) is 46.4 Å². The fourth-order valence-corrected chi connectivity index (χ4v) is 1.79. The predicted octanol–water partition coefficient (Wildman–Crippen LogP) is 1.26. The van der Waals surface area contributed by atoms with Crippen LogP contribution in [0, 0.1) is 0 Å². The number of hydrogen-bond donors (Lipinski definition) is 1. The monoisotopic (exact) mass is 293 g/mol. The van der Waals surface area contributed by atoms with Crippen LogP contribution in [-0.4, -0.2) is 50.6 Å². The molecule has 0 fully saturated rings. The van der Waals surface area contributed by atoms with E-state index in [1.165, 1.54) is 0 Å². The number of nitrogens with two attached hydrogens (primary N) is 1. The van der Waals surface area contributed by atoms with Crippen LogP contribution in [0.2, 0.25) is 0 Å². The standard InChI is InChI=1S/C14H19N3O4/c1-18-6-8-20-11-5-3-4-10-12(11)13(15)17-14(16-10)21-9-7-19-2/h3-5H,6-9H2,1-2H3,(H2,15,16,17). The van der Waals surface area contributed by atoms with Gasteiger partial charge in [0.15, 0.2) is 0 Å². The van der Waals surface area contributed by atoms with Crippen LogP contribution in [0.4, 0.5) is 5.82 Å². The van der Waals surface area contributed by atoms with Gasteiger partial charge >= 0.3 is 6.01 Å². The Labute approximate surface area is 123 Å². The third-order valence-corrected chi connectivity index (χ3v) is 2.76. The molecule has 2 rings (SSSR count). The summed E-state index contributed by atoms with van der Waals surface area (Å²) < 4.78 is 20.9. The number of benzene rings is 1. The van der Waals surface area contributed by atoms with E-state index in [0.29, 0.717) is 48.9 Å². The van der Waals surface area contributed by atoms with E-state index in [2.05, 4.69) is 9.97 Å². The SMILES string of the molecule is COCCOc1nc(N)c2c(OCCOC)cccc2n1. The molecule has 0 aliphatic carbocycles. The van der Waals surface area contributed by atoms with Crippen molar-refractivity contribution in [2.45, 2.75) is 0 Å². The fourth-order valence-electron chi connectivity index (χ4n) is 1.79. The molecular weight excluding hydrogens is 274 g/mol. The Kier molecular flexibility index (Phi) is 5.53. The molecule has 0 bridgehead atoms. The van der Waals surface area contributed by atoms with Crippen LogP contribution in [0.3, 0.4) is 0 Å². The Hall–Kier alpha value is -2.12. The van der Waals surface area contributed by atoms with Crippen LogP contribution < -0.4 is 15.2 Å². The summed E-state index contributed by atoms with van der Waals surface area (Å²) in [6, 6.07) is 5.73. The molecule has 0 aliphatic heterocycles. The van der Waals surface area contributed by atoms with Gasteiger partial charge in [0, 0.05) is 14.2 Å². The second-order valence-electron chi connectivity index (χ2n) is 4.22. The number of nitrogens with zero attached hydrogens (tertiary/aromatic N) is 2. The van der Waals surface area contributed by atoms with E-state index in [9.17, 15) is 0 Å². The minimum Gasteiger partial charge on any atom is -0.490 e. The van der Waals surface area contributed by atoms with E-state index < -0.39 is 0 Å². The van der Waals surface area contributed by atoms with Crippen LogP contribution in [0.15, 0.2) is 18.2 Å². The number of methoxy groups -OCH3 is 2. The number of hydrogen-bond acceptors (Lipinski definition) is 7. The molecule has 21 heavy (non-hydrogen) atoms. The van der Waals surface area contributed by atoms with Gasteiger partial charge in [-0.3, -0.25) is 0 Å². The number of rotatable bonds is 8. The second kappa shape index (κ2) is 7.61. The number of ether oxygens (including phenoxy) is 4. The summed E-state index contributed by atoms with van der Waals surface area (Å²) in [5, 5.41) is 0.674. The Bertz CT molecular complexity index is 592. The highest BCUT2D eigenvalue weighted by Crippen LogP contribution is 2.29. The van der Waals surface area contributed by atoms with E-state index in [0.717, 1.165) is 0 Å². The van der Waals surface area contributed by atoms with Crippen LogP contribution in [0.1, 0.15) is 0 Å². The Morgan fingerprint density at radius 3 is 2.38 bits per heavy atom. The van der Waals surface area contributed by atoms with Gasteiger partial charge in [0.2, 0.25) is 0 Å². The third kappa shape index (κ3) is 3.93. The highest BCUT2D eigenvalue weighted by molar-refractivity contribution is 5.93. The minimum absolute atomic E-state index is 0.228. The smallest absolute Gasteiger partial charge is 0.319 e. The first-order valence-corrected chi connectivity index (χ1v) is 6.56. The average Bonchev–Trinajstić information content (AvgIpc) is 2.47. The minimum atomic E-state index is 0.228. The summed E-state index contributed by atoms with van der Waals surface area (Å²) in [6.45, 7) is 1.75. The first kappa shape index (κ1) is 15.3. The van der Waals surface area contributed by atoms with E-state index in [4.69, 9.17) is 24.7 Å². The molecule has 1 heterocycles. The molecule has 0 atom stereocenters. The lowest BCUT2D eigenvalue weighted by atomic mass is 10.2. The largest absolute Gasteiger partial charge is 0.490 e. The normalized spacial score (nSPS) is 10.8. The zero-order valence-corrected chi connectivity index (χ0v) is 12.2. The van der Waals surface area contributed by atoms with Crippen molar-refractivity contribution in [2.24, 2.45) is 0 Å². The molecular formula is C14H19N3O4. The molecule has 0 amide bonds. The molecule has 0 saturated carbocycles. The molecule has 0 aliphatic rings. The van der Waals surface area contributed by atoms with Gasteiger partial charge in [-0.25, -0.2) is 0 Å². The zero-order chi connectivity index (χ0) is 15.1. The summed E-state index contributed by atoms with van der Waals surface area (Å²) in [5.41, 5.74) is 6.66. The zero-order valence-electron chi connectivity index (χ0n) is 12.2. The average molecular weight is 293 g/mol. The maximum absolute atomic E-state index is 5.99. The topological polar surface area (TPSA) is 88.7 Å².